The van der Waals surface area contributed by atoms with Crippen LogP contribution in [0.5, 0.6) is 0 Å². The molecule has 92 valence electrons. The number of nitrogen functional groups attached to an aromatic ring is 1. The Bertz CT molecular complexity index is 553. The molecule has 0 atom stereocenters. The van der Waals surface area contributed by atoms with Gasteiger partial charge in [-0.1, -0.05) is 24.3 Å². The predicted molar refractivity (Wildman–Crippen MR) is 72.3 cm³/mol. The molecule has 18 heavy (non-hydrogen) atoms. The number of rotatable bonds is 1. The third-order valence-corrected chi connectivity index (χ3v) is 3.34. The topological polar surface area (TPSA) is 55.0 Å². The maximum atomic E-state index is 5.65. The Morgan fingerprint density at radius 2 is 1.94 bits per heavy atom. The van der Waals surface area contributed by atoms with Crippen LogP contribution in [0.4, 0.5) is 11.8 Å². The number of hydrogen-bond donors (Lipinski definition) is 1. The van der Waals surface area contributed by atoms with Gasteiger partial charge in [0.25, 0.3) is 0 Å². The fraction of sp³-hybridized carbons (Fsp3) is 0.286. The lowest BCUT2D eigenvalue weighted by atomic mass is 10.0. The molecular formula is C14H16N4. The fourth-order valence-electron chi connectivity index (χ4n) is 2.44. The molecular weight excluding hydrogens is 224 g/mol. The van der Waals surface area contributed by atoms with Gasteiger partial charge < -0.3 is 10.6 Å². The van der Waals surface area contributed by atoms with Gasteiger partial charge in [-0.3, -0.25) is 0 Å². The van der Waals surface area contributed by atoms with Crippen molar-refractivity contribution in [3.05, 3.63) is 47.7 Å². The van der Waals surface area contributed by atoms with Crippen molar-refractivity contribution in [1.82, 2.24) is 9.97 Å². The molecule has 0 spiro atoms. The second-order valence-electron chi connectivity index (χ2n) is 4.57. The van der Waals surface area contributed by atoms with Crippen LogP contribution in [0.1, 0.15) is 17.5 Å². The zero-order chi connectivity index (χ0) is 12.4. The van der Waals surface area contributed by atoms with Crippen LogP contribution in [-0.4, -0.2) is 16.5 Å². The summed E-state index contributed by atoms with van der Waals surface area (Å²) in [6.07, 6.45) is 3.99. The van der Waals surface area contributed by atoms with E-state index in [1.54, 1.807) is 6.20 Å². The maximum absolute atomic E-state index is 5.65. The van der Waals surface area contributed by atoms with Crippen molar-refractivity contribution < 1.29 is 0 Å². The zero-order valence-corrected chi connectivity index (χ0v) is 10.2. The highest BCUT2D eigenvalue weighted by Crippen LogP contribution is 2.22. The monoisotopic (exact) mass is 240 g/mol. The summed E-state index contributed by atoms with van der Waals surface area (Å²) in [5, 5.41) is 0. The second-order valence-corrected chi connectivity index (χ2v) is 4.57. The molecule has 2 aromatic rings. The standard InChI is InChI=1S/C14H16N4/c15-14-16-8-7-13(17-14)18-9-3-6-11-4-1-2-5-12(11)10-18/h1-2,4-5,7-8H,3,6,9-10H2,(H2,15,16,17). The predicted octanol–water partition coefficient (Wildman–Crippen LogP) is 2.01. The van der Waals surface area contributed by atoms with E-state index in [0.29, 0.717) is 5.95 Å². The van der Waals surface area contributed by atoms with Crippen molar-refractivity contribution in [2.75, 3.05) is 17.2 Å². The van der Waals surface area contributed by atoms with Crippen molar-refractivity contribution >= 4 is 11.8 Å². The number of benzene rings is 1. The van der Waals surface area contributed by atoms with Crippen molar-refractivity contribution in [2.24, 2.45) is 0 Å². The van der Waals surface area contributed by atoms with Crippen LogP contribution in [0.25, 0.3) is 0 Å². The molecule has 0 fully saturated rings. The lowest BCUT2D eigenvalue weighted by Gasteiger charge is -2.21. The maximum Gasteiger partial charge on any atom is 0.221 e. The summed E-state index contributed by atoms with van der Waals surface area (Å²) in [5.74, 6) is 1.25. The smallest absolute Gasteiger partial charge is 0.221 e. The Labute approximate surface area is 106 Å². The van der Waals surface area contributed by atoms with E-state index in [4.69, 9.17) is 5.73 Å². The molecule has 1 aromatic carbocycles. The van der Waals surface area contributed by atoms with Crippen LogP contribution in [0.15, 0.2) is 36.5 Å². The first-order valence-electron chi connectivity index (χ1n) is 6.23. The van der Waals surface area contributed by atoms with Crippen LogP contribution < -0.4 is 10.6 Å². The SMILES string of the molecule is Nc1nccc(N2CCCc3ccccc3C2)n1. The van der Waals surface area contributed by atoms with Crippen LogP contribution in [0.2, 0.25) is 0 Å². The van der Waals surface area contributed by atoms with Crippen molar-refractivity contribution in [3.63, 3.8) is 0 Å². The number of anilines is 2. The Morgan fingerprint density at radius 3 is 2.78 bits per heavy atom. The van der Waals surface area contributed by atoms with E-state index < -0.39 is 0 Å². The Kier molecular flexibility index (Phi) is 2.84. The molecule has 1 aromatic heterocycles. The van der Waals surface area contributed by atoms with Gasteiger partial charge in [-0.15, -0.1) is 0 Å². The van der Waals surface area contributed by atoms with Gasteiger partial charge in [-0.05, 0) is 30.0 Å². The molecule has 0 saturated carbocycles. The largest absolute Gasteiger partial charge is 0.368 e. The molecule has 0 aliphatic carbocycles. The summed E-state index contributed by atoms with van der Waals surface area (Å²) in [6, 6.07) is 10.5. The van der Waals surface area contributed by atoms with E-state index in [9.17, 15) is 0 Å². The minimum Gasteiger partial charge on any atom is -0.368 e. The first-order valence-corrected chi connectivity index (χ1v) is 6.23. The van der Waals surface area contributed by atoms with Gasteiger partial charge >= 0.3 is 0 Å². The minimum atomic E-state index is 0.338. The summed E-state index contributed by atoms with van der Waals surface area (Å²) >= 11 is 0. The van der Waals surface area contributed by atoms with Gasteiger partial charge in [0.15, 0.2) is 0 Å². The van der Waals surface area contributed by atoms with Gasteiger partial charge in [0.05, 0.1) is 0 Å². The highest BCUT2D eigenvalue weighted by Gasteiger charge is 2.15. The third-order valence-electron chi connectivity index (χ3n) is 3.34. The number of nitrogens with two attached hydrogens (primary N) is 1. The van der Waals surface area contributed by atoms with E-state index in [1.807, 2.05) is 6.07 Å². The summed E-state index contributed by atoms with van der Waals surface area (Å²) in [5.41, 5.74) is 8.48. The van der Waals surface area contributed by atoms with Crippen molar-refractivity contribution in [2.45, 2.75) is 19.4 Å². The Balaban J connectivity index is 1.91. The molecule has 0 amide bonds. The van der Waals surface area contributed by atoms with Gasteiger partial charge in [0.1, 0.15) is 5.82 Å². The first kappa shape index (κ1) is 11.0. The van der Waals surface area contributed by atoms with Gasteiger partial charge in [-0.2, -0.15) is 4.98 Å². The molecule has 0 saturated heterocycles. The average molecular weight is 240 g/mol. The van der Waals surface area contributed by atoms with Gasteiger partial charge in [0, 0.05) is 19.3 Å². The molecule has 2 N–H and O–H groups in total. The first-order chi connectivity index (χ1) is 8.83. The van der Waals surface area contributed by atoms with Gasteiger partial charge in [-0.25, -0.2) is 4.98 Å². The summed E-state index contributed by atoms with van der Waals surface area (Å²) < 4.78 is 0. The second kappa shape index (κ2) is 4.64. The molecule has 1 aliphatic rings. The Hall–Kier alpha value is -2.10. The third kappa shape index (κ3) is 2.14. The molecule has 4 nitrogen and oxygen atoms in total. The molecule has 0 bridgehead atoms. The van der Waals surface area contributed by atoms with E-state index >= 15 is 0 Å². The van der Waals surface area contributed by atoms with Gasteiger partial charge in [0.2, 0.25) is 5.95 Å². The van der Waals surface area contributed by atoms with Crippen molar-refractivity contribution in [1.29, 1.82) is 0 Å². The van der Waals surface area contributed by atoms with E-state index in [-0.39, 0.29) is 0 Å². The molecule has 2 heterocycles. The number of fused-ring (bicyclic) bond motifs is 1. The zero-order valence-electron chi connectivity index (χ0n) is 10.2. The van der Waals surface area contributed by atoms with E-state index in [1.165, 1.54) is 11.1 Å². The highest BCUT2D eigenvalue weighted by atomic mass is 15.2. The lowest BCUT2D eigenvalue weighted by Crippen LogP contribution is -2.23. The molecule has 1 aliphatic heterocycles. The number of nitrogens with zero attached hydrogens (tertiary/aromatic N) is 3. The van der Waals surface area contributed by atoms with E-state index in [2.05, 4.69) is 39.1 Å². The summed E-state index contributed by atoms with van der Waals surface area (Å²) in [7, 11) is 0. The number of aromatic nitrogens is 2. The summed E-state index contributed by atoms with van der Waals surface area (Å²) in [4.78, 5) is 10.5. The number of hydrogen-bond acceptors (Lipinski definition) is 4. The average Bonchev–Trinajstić information content (AvgIpc) is 2.60. The van der Waals surface area contributed by atoms with Crippen LogP contribution >= 0.6 is 0 Å². The molecule has 4 heteroatoms. The fourth-order valence-corrected chi connectivity index (χ4v) is 2.44. The quantitative estimate of drug-likeness (QED) is 0.828. The minimum absolute atomic E-state index is 0.338. The highest BCUT2D eigenvalue weighted by molar-refractivity contribution is 5.43. The van der Waals surface area contributed by atoms with Crippen molar-refractivity contribution in [3.8, 4) is 0 Å². The normalized spacial score (nSPS) is 15.0. The van der Waals surface area contributed by atoms with Crippen LogP contribution in [0, 0.1) is 0 Å². The van der Waals surface area contributed by atoms with E-state index in [0.717, 1.165) is 31.7 Å². The van der Waals surface area contributed by atoms with Crippen LogP contribution in [-0.2, 0) is 13.0 Å². The van der Waals surface area contributed by atoms with Crippen LogP contribution in [0.3, 0.4) is 0 Å². The lowest BCUT2D eigenvalue weighted by molar-refractivity contribution is 0.754. The molecule has 0 radical (unpaired) electrons. The Morgan fingerprint density at radius 1 is 1.11 bits per heavy atom. The molecule has 0 unspecified atom stereocenters. The molecule has 3 rings (SSSR count). The summed E-state index contributed by atoms with van der Waals surface area (Å²) in [6.45, 7) is 1.90. The number of aryl methyl sites for hydroxylation is 1.